The molecule has 0 aromatic heterocycles. The van der Waals surface area contributed by atoms with Crippen molar-refractivity contribution in [2.24, 2.45) is 0 Å². The van der Waals surface area contributed by atoms with Gasteiger partial charge in [0.1, 0.15) is 0 Å². The van der Waals surface area contributed by atoms with Crippen LogP contribution in [0, 0.1) is 27.7 Å². The van der Waals surface area contributed by atoms with E-state index < -0.39 is 0 Å². The fraction of sp³-hybridized carbons (Fsp3) is 0.200. The minimum atomic E-state index is 1.32. The highest BCUT2D eigenvalue weighted by Gasteiger charge is 1.79. The third-order valence-corrected chi connectivity index (χ3v) is 3.77. The van der Waals surface area contributed by atoms with Gasteiger partial charge in [0.25, 0.3) is 0 Å². The quantitative estimate of drug-likeness (QED) is 0.277. The van der Waals surface area contributed by atoms with Crippen molar-refractivity contribution in [3.8, 4) is 0 Å². The van der Waals surface area contributed by atoms with Gasteiger partial charge in [-0.3, -0.25) is 0 Å². The number of aryl methyl sites for hydroxylation is 4. The molecule has 0 aliphatic carbocycles. The van der Waals surface area contributed by atoms with Crippen LogP contribution in [-0.4, -0.2) is 0 Å². The molecule has 0 radical (unpaired) electrons. The molecule has 0 saturated heterocycles. The van der Waals surface area contributed by atoms with Crippen molar-refractivity contribution in [1.29, 1.82) is 0 Å². The topological polar surface area (TPSA) is 0 Å². The van der Waals surface area contributed by atoms with Gasteiger partial charge in [-0.2, -0.15) is 0 Å². The highest BCUT2D eigenvalue weighted by molar-refractivity contribution is 5.19. The molecule has 0 fully saturated rings. The molecule has 4 aromatic carbocycles. The summed E-state index contributed by atoms with van der Waals surface area (Å²) in [6.07, 6.45) is 0. The molecule has 0 N–H and O–H groups in total. The monoisotopic (exact) mass is 398 g/mol. The van der Waals surface area contributed by atoms with Crippen LogP contribution in [0.25, 0.3) is 0 Å². The van der Waals surface area contributed by atoms with E-state index in [1.807, 2.05) is 86.6 Å². The van der Waals surface area contributed by atoms with Crippen LogP contribution in [0.4, 0.5) is 0 Å². The van der Waals surface area contributed by atoms with Crippen LogP contribution in [0.3, 0.4) is 0 Å². The Morgan fingerprint density at radius 3 is 0.600 bits per heavy atom. The molecule has 0 heteroatoms. The van der Waals surface area contributed by atoms with Crippen LogP contribution in [0.1, 0.15) is 36.1 Å². The molecular weight excluding hydrogens is 360 g/mol. The van der Waals surface area contributed by atoms with Crippen molar-refractivity contribution in [2.75, 3.05) is 0 Å². The molecule has 4 aromatic rings. The first kappa shape index (κ1) is 26.9. The number of benzene rings is 4. The predicted octanol–water partition coefficient (Wildman–Crippen LogP) is 9.01. The van der Waals surface area contributed by atoms with E-state index in [0.29, 0.717) is 0 Å². The Kier molecular flexibility index (Phi) is 17.2. The SMILES string of the molecule is CC.Cc1ccc(C)cc1.Cc1ccccc1.Cc1ccccc1.c1ccccc1. The smallest absolute Gasteiger partial charge is 0.0398 e. The van der Waals surface area contributed by atoms with Crippen LogP contribution in [0.2, 0.25) is 0 Å². The first-order valence-electron chi connectivity index (χ1n) is 10.6. The van der Waals surface area contributed by atoms with E-state index in [9.17, 15) is 0 Å². The fourth-order valence-corrected chi connectivity index (χ4v) is 2.09. The molecule has 0 aliphatic rings. The van der Waals surface area contributed by atoms with Gasteiger partial charge in [-0.25, -0.2) is 0 Å². The minimum absolute atomic E-state index is 1.32. The third-order valence-electron chi connectivity index (χ3n) is 3.77. The Labute approximate surface area is 185 Å². The fourth-order valence-electron chi connectivity index (χ4n) is 2.09. The second kappa shape index (κ2) is 19.2. The van der Waals surface area contributed by atoms with Crippen LogP contribution >= 0.6 is 0 Å². The maximum absolute atomic E-state index is 2.12. The molecule has 0 atom stereocenters. The maximum atomic E-state index is 2.12. The van der Waals surface area contributed by atoms with E-state index in [2.05, 4.69) is 76.2 Å². The molecule has 0 aliphatic heterocycles. The van der Waals surface area contributed by atoms with Crippen molar-refractivity contribution in [3.05, 3.63) is 144 Å². The van der Waals surface area contributed by atoms with Gasteiger partial charge < -0.3 is 0 Å². The second-order valence-corrected chi connectivity index (χ2v) is 6.62. The molecule has 0 bridgehead atoms. The Morgan fingerprint density at radius 2 is 0.433 bits per heavy atom. The molecule has 0 unspecified atom stereocenters. The third kappa shape index (κ3) is 17.0. The van der Waals surface area contributed by atoms with Gasteiger partial charge in [0, 0.05) is 0 Å². The minimum Gasteiger partial charge on any atom is -0.0683 e. The van der Waals surface area contributed by atoms with Gasteiger partial charge in [-0.1, -0.05) is 157 Å². The molecule has 0 heterocycles. The van der Waals surface area contributed by atoms with Crippen molar-refractivity contribution in [1.82, 2.24) is 0 Å². The molecule has 30 heavy (non-hydrogen) atoms. The summed E-state index contributed by atoms with van der Waals surface area (Å²) in [5, 5.41) is 0. The maximum Gasteiger partial charge on any atom is -0.0398 e. The van der Waals surface area contributed by atoms with Gasteiger partial charge in [0.15, 0.2) is 0 Å². The molecule has 4 rings (SSSR count). The summed E-state index contributed by atoms with van der Waals surface area (Å²) in [5.74, 6) is 0. The zero-order valence-electron chi connectivity index (χ0n) is 19.5. The predicted molar refractivity (Wildman–Crippen MR) is 136 cm³/mol. The van der Waals surface area contributed by atoms with Gasteiger partial charge in [-0.15, -0.1) is 0 Å². The lowest BCUT2D eigenvalue weighted by Gasteiger charge is -1.90. The van der Waals surface area contributed by atoms with Crippen LogP contribution in [0.5, 0.6) is 0 Å². The van der Waals surface area contributed by atoms with Crippen molar-refractivity contribution in [3.63, 3.8) is 0 Å². The van der Waals surface area contributed by atoms with Crippen molar-refractivity contribution in [2.45, 2.75) is 41.5 Å². The molecular formula is C30H38. The highest BCUT2D eigenvalue weighted by Crippen LogP contribution is 1.99. The second-order valence-electron chi connectivity index (χ2n) is 6.62. The summed E-state index contributed by atoms with van der Waals surface area (Å²) in [4.78, 5) is 0. The summed E-state index contributed by atoms with van der Waals surface area (Å²) in [6, 6.07) is 41.0. The summed E-state index contributed by atoms with van der Waals surface area (Å²) < 4.78 is 0. The zero-order chi connectivity index (χ0) is 22.5. The van der Waals surface area contributed by atoms with Crippen LogP contribution in [0.15, 0.2) is 121 Å². The average molecular weight is 399 g/mol. The lowest BCUT2D eigenvalue weighted by atomic mass is 10.2. The molecule has 0 saturated carbocycles. The van der Waals surface area contributed by atoms with Crippen molar-refractivity contribution < 1.29 is 0 Å². The van der Waals surface area contributed by atoms with Crippen molar-refractivity contribution >= 4 is 0 Å². The Bertz CT molecular complexity index is 732. The van der Waals surface area contributed by atoms with Gasteiger partial charge in [0.05, 0.1) is 0 Å². The Morgan fingerprint density at radius 1 is 0.267 bits per heavy atom. The molecule has 0 amide bonds. The number of hydrogen-bond acceptors (Lipinski definition) is 0. The van der Waals surface area contributed by atoms with E-state index in [1.54, 1.807) is 0 Å². The molecule has 0 spiro atoms. The van der Waals surface area contributed by atoms with Crippen LogP contribution < -0.4 is 0 Å². The zero-order valence-corrected chi connectivity index (χ0v) is 19.5. The Hall–Kier alpha value is -3.12. The first-order valence-corrected chi connectivity index (χ1v) is 10.6. The van der Waals surface area contributed by atoms with E-state index in [1.165, 1.54) is 22.3 Å². The van der Waals surface area contributed by atoms with E-state index >= 15 is 0 Å². The van der Waals surface area contributed by atoms with Crippen LogP contribution in [-0.2, 0) is 0 Å². The lowest BCUT2D eigenvalue weighted by molar-refractivity contribution is 1.40. The molecule has 158 valence electrons. The number of hydrogen-bond donors (Lipinski definition) is 0. The van der Waals surface area contributed by atoms with Gasteiger partial charge >= 0.3 is 0 Å². The summed E-state index contributed by atoms with van der Waals surface area (Å²) >= 11 is 0. The normalized spacial score (nSPS) is 8.33. The average Bonchev–Trinajstić information content (AvgIpc) is 2.81. The lowest BCUT2D eigenvalue weighted by Crippen LogP contribution is -1.70. The standard InChI is InChI=1S/C8H10.2C7H8.C6H6.C2H6/c1-7-3-5-8(2)6-4-7;2*1-7-5-3-2-4-6-7;1-2-4-6-5-3-1;1-2/h3-6H,1-2H3;2*2-6H,1H3;1-6H;1-2H3. The summed E-state index contributed by atoms with van der Waals surface area (Å²) in [6.45, 7) is 12.4. The van der Waals surface area contributed by atoms with Gasteiger partial charge in [0.2, 0.25) is 0 Å². The molecule has 0 nitrogen and oxygen atoms in total. The largest absolute Gasteiger partial charge is 0.0683 e. The summed E-state index contributed by atoms with van der Waals surface area (Å²) in [7, 11) is 0. The van der Waals surface area contributed by atoms with E-state index in [0.717, 1.165) is 0 Å². The summed E-state index contributed by atoms with van der Waals surface area (Å²) in [5.41, 5.74) is 5.30. The highest BCUT2D eigenvalue weighted by atomic mass is 13.9. The first-order chi connectivity index (χ1) is 14.6. The number of rotatable bonds is 0. The van der Waals surface area contributed by atoms with E-state index in [4.69, 9.17) is 0 Å². The van der Waals surface area contributed by atoms with E-state index in [-0.39, 0.29) is 0 Å². The van der Waals surface area contributed by atoms with Gasteiger partial charge in [-0.05, 0) is 27.7 Å². The Balaban J connectivity index is 0.000000365.